The summed E-state index contributed by atoms with van der Waals surface area (Å²) < 4.78 is 5.26. The van der Waals surface area contributed by atoms with E-state index in [-0.39, 0.29) is 5.78 Å². The number of hydrogen-bond donors (Lipinski definition) is 0. The molecule has 0 saturated heterocycles. The van der Waals surface area contributed by atoms with E-state index in [1.807, 2.05) is 25.1 Å². The third-order valence-electron chi connectivity index (χ3n) is 2.90. The molecule has 0 saturated carbocycles. The molecule has 19 heavy (non-hydrogen) atoms. The van der Waals surface area contributed by atoms with Crippen molar-refractivity contribution in [3.63, 3.8) is 0 Å². The van der Waals surface area contributed by atoms with Crippen molar-refractivity contribution in [1.29, 1.82) is 0 Å². The molecule has 3 heteroatoms. The number of hydrogen-bond acceptors (Lipinski definition) is 3. The molecule has 0 radical (unpaired) electrons. The fourth-order valence-corrected chi connectivity index (χ4v) is 2.51. The van der Waals surface area contributed by atoms with Crippen molar-refractivity contribution in [2.75, 3.05) is 7.11 Å². The highest BCUT2D eigenvalue weighted by atomic mass is 32.1. The lowest BCUT2D eigenvalue weighted by Crippen LogP contribution is -2.10. The summed E-state index contributed by atoms with van der Waals surface area (Å²) in [4.78, 5) is 12.8. The maximum atomic E-state index is 12.0. The molecule has 0 aromatic heterocycles. The lowest BCUT2D eigenvalue weighted by molar-refractivity contribution is -0.117. The summed E-state index contributed by atoms with van der Waals surface area (Å²) in [7, 11) is 1.64. The van der Waals surface area contributed by atoms with Gasteiger partial charge in [-0.2, -0.15) is 0 Å². The average molecular weight is 278 g/mol. The van der Waals surface area contributed by atoms with E-state index in [2.05, 4.69) is 13.8 Å². The van der Waals surface area contributed by atoms with Crippen molar-refractivity contribution in [1.82, 2.24) is 0 Å². The van der Waals surface area contributed by atoms with E-state index >= 15 is 0 Å². The zero-order valence-electron chi connectivity index (χ0n) is 12.2. The highest BCUT2D eigenvalue weighted by molar-refractivity contribution is 7.80. The number of methoxy groups -OCH3 is 1. The van der Waals surface area contributed by atoms with Crippen molar-refractivity contribution in [3.8, 4) is 5.75 Å². The highest BCUT2D eigenvalue weighted by Gasteiger charge is 2.10. The number of carbonyl (C=O) groups excluding carboxylic acids is 1. The predicted molar refractivity (Wildman–Crippen MR) is 83.1 cm³/mol. The Bertz CT molecular complexity index is 464. The van der Waals surface area contributed by atoms with Gasteiger partial charge in [0, 0.05) is 17.7 Å². The maximum Gasteiger partial charge on any atom is 0.142 e. The number of benzene rings is 1. The van der Waals surface area contributed by atoms with Gasteiger partial charge in [-0.1, -0.05) is 38.2 Å². The number of rotatable bonds is 7. The van der Waals surface area contributed by atoms with Gasteiger partial charge in [0.2, 0.25) is 0 Å². The van der Waals surface area contributed by atoms with E-state index < -0.39 is 0 Å². The van der Waals surface area contributed by atoms with Crippen molar-refractivity contribution >= 4 is 22.9 Å². The van der Waals surface area contributed by atoms with Crippen LogP contribution in [0.25, 0.3) is 0 Å². The minimum atomic E-state index is 0.177. The van der Waals surface area contributed by atoms with Gasteiger partial charge in [0.25, 0.3) is 0 Å². The van der Waals surface area contributed by atoms with Gasteiger partial charge in [-0.15, -0.1) is 0 Å². The topological polar surface area (TPSA) is 26.3 Å². The zero-order valence-corrected chi connectivity index (χ0v) is 13.0. The Hall–Kier alpha value is -1.22. The number of aryl methyl sites for hydroxylation is 1. The molecule has 2 nitrogen and oxygen atoms in total. The van der Waals surface area contributed by atoms with Crippen LogP contribution in [0.5, 0.6) is 5.75 Å². The first-order valence-corrected chi connectivity index (χ1v) is 7.00. The molecule has 0 aliphatic heterocycles. The van der Waals surface area contributed by atoms with Crippen LogP contribution in [0.3, 0.4) is 0 Å². The van der Waals surface area contributed by atoms with Crippen molar-refractivity contribution in [3.05, 3.63) is 29.3 Å². The monoisotopic (exact) mass is 278 g/mol. The number of carbonyl (C=O) groups is 1. The number of Topliss-reactive ketones (excluding diaryl/α,β-unsaturated/α-hetero) is 1. The smallest absolute Gasteiger partial charge is 0.142 e. The van der Waals surface area contributed by atoms with Crippen LogP contribution in [0.15, 0.2) is 18.2 Å². The summed E-state index contributed by atoms with van der Waals surface area (Å²) in [6.07, 6.45) is 1.68. The summed E-state index contributed by atoms with van der Waals surface area (Å²) in [5, 5.41) is 0. The van der Waals surface area contributed by atoms with E-state index in [0.29, 0.717) is 18.8 Å². The molecule has 0 N–H and O–H groups in total. The third kappa shape index (κ3) is 5.52. The molecule has 0 aliphatic carbocycles. The SMILES string of the molecule is COc1cc(CC(=O)CC(=S)CC(C)C)ccc1C. The van der Waals surface area contributed by atoms with E-state index in [1.165, 1.54) is 0 Å². The normalized spacial score (nSPS) is 10.6. The van der Waals surface area contributed by atoms with Crippen LogP contribution < -0.4 is 4.74 Å². The molecule has 0 fully saturated rings. The predicted octanol–water partition coefficient (Wildman–Crippen LogP) is 3.92. The Morgan fingerprint density at radius 1 is 1.37 bits per heavy atom. The van der Waals surface area contributed by atoms with E-state index in [9.17, 15) is 4.79 Å². The van der Waals surface area contributed by atoms with Crippen molar-refractivity contribution in [2.45, 2.75) is 40.0 Å². The second-order valence-electron chi connectivity index (χ2n) is 5.33. The van der Waals surface area contributed by atoms with Crippen molar-refractivity contribution in [2.24, 2.45) is 5.92 Å². The second-order valence-corrected chi connectivity index (χ2v) is 5.91. The van der Waals surface area contributed by atoms with E-state index in [4.69, 9.17) is 17.0 Å². The van der Waals surface area contributed by atoms with Gasteiger partial charge in [-0.25, -0.2) is 0 Å². The summed E-state index contributed by atoms with van der Waals surface area (Å²) in [6, 6.07) is 5.88. The first-order valence-electron chi connectivity index (χ1n) is 6.59. The van der Waals surface area contributed by atoms with Gasteiger partial charge in [0.1, 0.15) is 11.5 Å². The summed E-state index contributed by atoms with van der Waals surface area (Å²) in [5.74, 6) is 1.52. The first kappa shape index (κ1) is 15.8. The number of ether oxygens (including phenoxy) is 1. The van der Waals surface area contributed by atoms with Crippen LogP contribution in [0, 0.1) is 12.8 Å². The molecule has 0 amide bonds. The Morgan fingerprint density at radius 2 is 2.05 bits per heavy atom. The Labute approximate surface area is 121 Å². The number of thiocarbonyl (C=S) groups is 1. The molecule has 0 aliphatic rings. The van der Waals surface area contributed by atoms with Gasteiger partial charge < -0.3 is 4.74 Å². The summed E-state index contributed by atoms with van der Waals surface area (Å²) >= 11 is 5.25. The van der Waals surface area contributed by atoms with E-state index in [1.54, 1.807) is 7.11 Å². The second kappa shape index (κ2) is 7.39. The lowest BCUT2D eigenvalue weighted by atomic mass is 10.0. The van der Waals surface area contributed by atoms with Crippen LogP contribution in [-0.2, 0) is 11.2 Å². The van der Waals surface area contributed by atoms with Crippen LogP contribution >= 0.6 is 12.2 Å². The van der Waals surface area contributed by atoms with Crippen LogP contribution in [-0.4, -0.2) is 17.8 Å². The van der Waals surface area contributed by atoms with Gasteiger partial charge in [-0.05, 0) is 36.5 Å². The molecule has 0 spiro atoms. The zero-order chi connectivity index (χ0) is 14.4. The molecule has 0 heterocycles. The Kier molecular flexibility index (Phi) is 6.16. The lowest BCUT2D eigenvalue weighted by Gasteiger charge is -2.08. The largest absolute Gasteiger partial charge is 0.496 e. The van der Waals surface area contributed by atoms with Gasteiger partial charge in [-0.3, -0.25) is 4.79 Å². The van der Waals surface area contributed by atoms with Crippen LogP contribution in [0.4, 0.5) is 0 Å². The standard InChI is InChI=1S/C16H22O2S/c1-11(2)7-15(19)10-14(17)8-13-6-5-12(3)16(9-13)18-4/h5-6,9,11H,7-8,10H2,1-4H3. The molecule has 1 rings (SSSR count). The summed E-state index contributed by atoms with van der Waals surface area (Å²) in [6.45, 7) is 6.21. The van der Waals surface area contributed by atoms with Gasteiger partial charge in [0.15, 0.2) is 0 Å². The Balaban J connectivity index is 2.59. The molecule has 104 valence electrons. The molecule has 0 unspecified atom stereocenters. The third-order valence-corrected chi connectivity index (χ3v) is 3.22. The minimum Gasteiger partial charge on any atom is -0.496 e. The van der Waals surface area contributed by atoms with Gasteiger partial charge >= 0.3 is 0 Å². The van der Waals surface area contributed by atoms with Gasteiger partial charge in [0.05, 0.1) is 7.11 Å². The fraction of sp³-hybridized carbons (Fsp3) is 0.500. The average Bonchev–Trinajstić information content (AvgIpc) is 2.30. The van der Waals surface area contributed by atoms with Crippen molar-refractivity contribution < 1.29 is 9.53 Å². The maximum absolute atomic E-state index is 12.0. The highest BCUT2D eigenvalue weighted by Crippen LogP contribution is 2.19. The molecule has 0 bridgehead atoms. The summed E-state index contributed by atoms with van der Waals surface area (Å²) in [5.41, 5.74) is 2.06. The van der Waals surface area contributed by atoms with Crippen LogP contribution in [0.1, 0.15) is 37.8 Å². The van der Waals surface area contributed by atoms with Crippen LogP contribution in [0.2, 0.25) is 0 Å². The fourth-order valence-electron chi connectivity index (χ4n) is 2.01. The quantitative estimate of drug-likeness (QED) is 0.707. The first-order chi connectivity index (χ1) is 8.92. The Morgan fingerprint density at radius 3 is 2.63 bits per heavy atom. The molecule has 1 aromatic carbocycles. The van der Waals surface area contributed by atoms with E-state index in [0.717, 1.165) is 28.2 Å². The molecular formula is C16H22O2S. The number of ketones is 1. The molecule has 0 atom stereocenters. The molecular weight excluding hydrogens is 256 g/mol. The minimum absolute atomic E-state index is 0.177. The molecule has 1 aromatic rings.